The highest BCUT2D eigenvalue weighted by Gasteiger charge is 2.46. The SMILES string of the molecule is CC(C)(C)c1cc(-c2ccc3c(c2)B2c4ccc(-c5cc(C(C)(C)C)cc(C(C)(C)C)c5)cc4N(c4c(-c5ccccc5)cc(C(C)(C)C)cc4-c4ccccc4)c4cc(-c5cccc6sc7ccccc7c56)cc(c42)N3c2cc(-c3ccccc3)cc(-c3ccccc3C(C)(C)C)c2)cc(C(C)(C)C)c1. The van der Waals surface area contributed by atoms with E-state index in [0.717, 1.165) is 56.4 Å². The first-order valence-electron chi connectivity index (χ1n) is 38.2. The van der Waals surface area contributed by atoms with Crippen LogP contribution in [0.25, 0.3) is 98.1 Å². The highest BCUT2D eigenvalue weighted by Crippen LogP contribution is 2.55. The maximum absolute atomic E-state index is 2.76. The molecule has 2 aliphatic heterocycles. The van der Waals surface area contributed by atoms with E-state index in [-0.39, 0.29) is 39.2 Å². The Morgan fingerprint density at radius 2 is 0.689 bits per heavy atom. The van der Waals surface area contributed by atoms with Crippen LogP contribution in [0.5, 0.6) is 0 Å². The number of anilines is 6. The number of nitrogens with zero attached hydrogens (tertiary/aromatic N) is 2. The lowest BCUT2D eigenvalue weighted by atomic mass is 9.33. The molecule has 0 saturated heterocycles. The van der Waals surface area contributed by atoms with Gasteiger partial charge in [0.1, 0.15) is 0 Å². The standard InChI is InChI=1S/C102H99BN2S/c1-97(2,3)74-50-70(51-75(60-74)98(4,5)6)67-46-48-88-87(56-67)103-86-47-45-68(71-52-76(99(7,8)9)61-77(53-71)100(10,11)12)57-89(86)105(96-83(65-35-24-20-25-36-65)62-78(101(13,14)15)63-84(96)66-37-26-21-27-38-66)91-59-73(81-41-32-44-93-94(81)82-40-29-31-43-92(82)106-93)58-90(95(91)103)104(88)79-54-69(64-33-22-19-23-34-64)49-72(55-79)80-39-28-30-42-85(80)102(16,17)18/h19-63H,1-18H3. The zero-order valence-electron chi connectivity index (χ0n) is 65.4. The number of thiophene rings is 1. The maximum Gasteiger partial charge on any atom is 0.252 e. The van der Waals surface area contributed by atoms with Gasteiger partial charge in [0.15, 0.2) is 0 Å². The van der Waals surface area contributed by atoms with E-state index < -0.39 is 0 Å². The van der Waals surface area contributed by atoms with Crippen LogP contribution in [0.1, 0.15) is 158 Å². The molecule has 0 fully saturated rings. The van der Waals surface area contributed by atoms with E-state index in [1.54, 1.807) is 0 Å². The molecular weight excluding hydrogens is 1300 g/mol. The molecule has 0 spiro atoms. The Morgan fingerprint density at radius 1 is 0.255 bits per heavy atom. The van der Waals surface area contributed by atoms with Crippen molar-refractivity contribution in [1.29, 1.82) is 0 Å². The Morgan fingerprint density at radius 3 is 1.25 bits per heavy atom. The summed E-state index contributed by atoms with van der Waals surface area (Å²) in [5, 5.41) is 2.55. The van der Waals surface area contributed by atoms with Crippen LogP contribution in [0, 0.1) is 0 Å². The molecule has 3 heterocycles. The summed E-state index contributed by atoms with van der Waals surface area (Å²) in [4.78, 5) is 5.45. The molecule has 0 radical (unpaired) electrons. The number of hydrogen-bond acceptors (Lipinski definition) is 3. The largest absolute Gasteiger partial charge is 0.311 e. The van der Waals surface area contributed by atoms with Crippen molar-refractivity contribution in [3.05, 3.63) is 306 Å². The van der Waals surface area contributed by atoms with Crippen LogP contribution in [-0.2, 0) is 32.5 Å². The second kappa shape index (κ2) is 25.8. The van der Waals surface area contributed by atoms with Crippen molar-refractivity contribution in [3.8, 4) is 77.9 Å². The van der Waals surface area contributed by atoms with Crippen molar-refractivity contribution >= 4 is 88.7 Å². The molecule has 2 nitrogen and oxygen atoms in total. The molecule has 1 aromatic heterocycles. The third-order valence-corrected chi connectivity index (χ3v) is 23.6. The van der Waals surface area contributed by atoms with Gasteiger partial charge in [0.05, 0.1) is 5.69 Å². The van der Waals surface area contributed by atoms with Gasteiger partial charge in [0.25, 0.3) is 6.71 Å². The van der Waals surface area contributed by atoms with Gasteiger partial charge in [-0.15, -0.1) is 11.3 Å². The molecule has 0 amide bonds. The summed E-state index contributed by atoms with van der Waals surface area (Å²) in [5.74, 6) is 0. The van der Waals surface area contributed by atoms with E-state index in [1.165, 1.54) is 126 Å². The van der Waals surface area contributed by atoms with Gasteiger partial charge in [-0.05, 0) is 216 Å². The Hall–Kier alpha value is -10.3. The third-order valence-electron chi connectivity index (χ3n) is 22.5. The van der Waals surface area contributed by atoms with Gasteiger partial charge in [-0.2, -0.15) is 0 Å². The van der Waals surface area contributed by atoms with E-state index >= 15 is 0 Å². The Labute approximate surface area is 635 Å². The minimum Gasteiger partial charge on any atom is -0.311 e. The number of fused-ring (bicyclic) bond motifs is 7. The Kier molecular flexibility index (Phi) is 17.0. The topological polar surface area (TPSA) is 6.48 Å². The van der Waals surface area contributed by atoms with Crippen LogP contribution < -0.4 is 26.2 Å². The zero-order chi connectivity index (χ0) is 74.3. The average molecular weight is 1400 g/mol. The zero-order valence-corrected chi connectivity index (χ0v) is 66.2. The van der Waals surface area contributed by atoms with E-state index in [1.807, 2.05) is 11.3 Å². The molecule has 0 N–H and O–H groups in total. The quantitative estimate of drug-likeness (QED) is 0.133. The number of hydrogen-bond donors (Lipinski definition) is 0. The number of benzene rings is 13. The summed E-state index contributed by atoms with van der Waals surface area (Å²) in [6, 6.07) is 106. The lowest BCUT2D eigenvalue weighted by molar-refractivity contribution is 0.568. The molecule has 0 saturated carbocycles. The monoisotopic (exact) mass is 1390 g/mol. The van der Waals surface area contributed by atoms with E-state index in [4.69, 9.17) is 0 Å². The molecule has 16 rings (SSSR count). The first-order valence-corrected chi connectivity index (χ1v) is 39.0. The second-order valence-electron chi connectivity index (χ2n) is 36.3. The lowest BCUT2D eigenvalue weighted by Gasteiger charge is -2.46. The van der Waals surface area contributed by atoms with Crippen LogP contribution in [0.4, 0.5) is 34.1 Å². The molecule has 13 aromatic carbocycles. The van der Waals surface area contributed by atoms with Gasteiger partial charge in [0, 0.05) is 59.7 Å². The van der Waals surface area contributed by atoms with Crippen molar-refractivity contribution in [1.82, 2.24) is 0 Å². The van der Waals surface area contributed by atoms with Crippen molar-refractivity contribution in [2.75, 3.05) is 9.80 Å². The molecule has 0 bridgehead atoms. The summed E-state index contributed by atoms with van der Waals surface area (Å²) in [5.41, 5.74) is 34.5. The van der Waals surface area contributed by atoms with E-state index in [2.05, 4.69) is 407 Å². The van der Waals surface area contributed by atoms with Crippen molar-refractivity contribution in [2.45, 2.75) is 157 Å². The summed E-state index contributed by atoms with van der Waals surface area (Å²) in [6.45, 7) is 42.3. The molecular formula is C102H99BN2S. The van der Waals surface area contributed by atoms with Crippen molar-refractivity contribution in [2.24, 2.45) is 0 Å². The van der Waals surface area contributed by atoms with Crippen molar-refractivity contribution < 1.29 is 0 Å². The van der Waals surface area contributed by atoms with Crippen LogP contribution in [-0.4, -0.2) is 6.71 Å². The van der Waals surface area contributed by atoms with Gasteiger partial charge in [-0.1, -0.05) is 331 Å². The molecule has 0 aliphatic carbocycles. The van der Waals surface area contributed by atoms with E-state index in [9.17, 15) is 0 Å². The van der Waals surface area contributed by atoms with Gasteiger partial charge in [-0.25, -0.2) is 0 Å². The minimum absolute atomic E-state index is 0.0922. The average Bonchev–Trinajstić information content (AvgIpc) is 0.714. The fourth-order valence-corrected chi connectivity index (χ4v) is 17.6. The van der Waals surface area contributed by atoms with Gasteiger partial charge in [0.2, 0.25) is 0 Å². The molecule has 0 atom stereocenters. The predicted octanol–water partition coefficient (Wildman–Crippen LogP) is 27.6. The minimum atomic E-state index is -0.241. The molecule has 0 unspecified atom stereocenters. The van der Waals surface area contributed by atoms with Crippen LogP contribution in [0.2, 0.25) is 0 Å². The molecule has 106 heavy (non-hydrogen) atoms. The lowest BCUT2D eigenvalue weighted by Crippen LogP contribution is -2.61. The smallest absolute Gasteiger partial charge is 0.252 e. The van der Waals surface area contributed by atoms with Crippen molar-refractivity contribution in [3.63, 3.8) is 0 Å². The second-order valence-corrected chi connectivity index (χ2v) is 37.4. The van der Waals surface area contributed by atoms with Gasteiger partial charge in [-0.3, -0.25) is 0 Å². The summed E-state index contributed by atoms with van der Waals surface area (Å²) >= 11 is 1.89. The maximum atomic E-state index is 2.76. The molecule has 4 heteroatoms. The van der Waals surface area contributed by atoms with Crippen LogP contribution in [0.3, 0.4) is 0 Å². The molecule has 526 valence electrons. The van der Waals surface area contributed by atoms with E-state index in [0.29, 0.717) is 0 Å². The van der Waals surface area contributed by atoms with Crippen LogP contribution >= 0.6 is 11.3 Å². The van der Waals surface area contributed by atoms with Gasteiger partial charge >= 0.3 is 0 Å². The predicted molar refractivity (Wildman–Crippen MR) is 464 cm³/mol. The van der Waals surface area contributed by atoms with Gasteiger partial charge < -0.3 is 9.80 Å². The normalized spacial score (nSPS) is 13.3. The summed E-state index contributed by atoms with van der Waals surface area (Å²) < 4.78 is 2.56. The Bertz CT molecular complexity index is 5650. The highest BCUT2D eigenvalue weighted by molar-refractivity contribution is 7.26. The molecule has 2 aliphatic rings. The summed E-state index contributed by atoms with van der Waals surface area (Å²) in [7, 11) is 0. The van der Waals surface area contributed by atoms with Crippen LogP contribution in [0.15, 0.2) is 273 Å². The Balaban J connectivity index is 1.12. The third kappa shape index (κ3) is 12.7. The fourth-order valence-electron chi connectivity index (χ4n) is 16.4. The number of rotatable bonds is 9. The molecule has 14 aromatic rings. The summed E-state index contributed by atoms with van der Waals surface area (Å²) in [6.07, 6.45) is 0. The first-order chi connectivity index (χ1) is 50.3. The fraction of sp³-hybridized carbons (Fsp3) is 0.235. The first kappa shape index (κ1) is 70.1. The highest BCUT2D eigenvalue weighted by atomic mass is 32.1.